The molecule has 0 aromatic heterocycles. The standard InChI is InChI=1S/C14H30N2O/c1-4-9-15-13(2)6-5-10-16(3)14-7-11-17-12-8-14/h13-15H,4-12H2,1-3H3. The van der Waals surface area contributed by atoms with Gasteiger partial charge in [-0.25, -0.2) is 0 Å². The van der Waals surface area contributed by atoms with Gasteiger partial charge in [-0.05, 0) is 59.2 Å². The Morgan fingerprint density at radius 1 is 1.35 bits per heavy atom. The van der Waals surface area contributed by atoms with E-state index in [9.17, 15) is 0 Å². The van der Waals surface area contributed by atoms with Crippen LogP contribution in [0.5, 0.6) is 0 Å². The van der Waals surface area contributed by atoms with Crippen LogP contribution in [-0.2, 0) is 4.74 Å². The Bertz CT molecular complexity index is 181. The van der Waals surface area contributed by atoms with Crippen molar-refractivity contribution in [2.75, 3.05) is 33.4 Å². The zero-order valence-corrected chi connectivity index (χ0v) is 11.9. The van der Waals surface area contributed by atoms with Crippen LogP contribution in [0.25, 0.3) is 0 Å². The van der Waals surface area contributed by atoms with E-state index in [2.05, 4.69) is 31.1 Å². The molecule has 0 radical (unpaired) electrons. The summed E-state index contributed by atoms with van der Waals surface area (Å²) in [5.41, 5.74) is 0. The van der Waals surface area contributed by atoms with Gasteiger partial charge in [0.05, 0.1) is 0 Å². The lowest BCUT2D eigenvalue weighted by Gasteiger charge is -2.31. The minimum absolute atomic E-state index is 0.665. The van der Waals surface area contributed by atoms with Crippen molar-refractivity contribution in [1.29, 1.82) is 0 Å². The molecule has 0 aliphatic carbocycles. The first-order chi connectivity index (χ1) is 8.24. The lowest BCUT2D eigenvalue weighted by molar-refractivity contribution is 0.0424. The number of ether oxygens (including phenoxy) is 1. The van der Waals surface area contributed by atoms with E-state index in [4.69, 9.17) is 4.74 Å². The maximum Gasteiger partial charge on any atom is 0.0480 e. The van der Waals surface area contributed by atoms with Crippen LogP contribution >= 0.6 is 0 Å². The molecule has 1 aliphatic heterocycles. The molecule has 1 saturated heterocycles. The molecule has 0 bridgehead atoms. The molecule has 0 aromatic rings. The third-order valence-corrected chi connectivity index (χ3v) is 3.70. The van der Waals surface area contributed by atoms with Crippen molar-refractivity contribution in [3.8, 4) is 0 Å². The Kier molecular flexibility index (Phi) is 7.82. The summed E-state index contributed by atoms with van der Waals surface area (Å²) < 4.78 is 5.40. The van der Waals surface area contributed by atoms with Crippen LogP contribution in [0.15, 0.2) is 0 Å². The SMILES string of the molecule is CCCNC(C)CCCN(C)C1CCOCC1. The second-order valence-corrected chi connectivity index (χ2v) is 5.32. The number of nitrogens with one attached hydrogen (secondary N) is 1. The smallest absolute Gasteiger partial charge is 0.0480 e. The summed E-state index contributed by atoms with van der Waals surface area (Å²) in [5, 5.41) is 3.55. The van der Waals surface area contributed by atoms with Gasteiger partial charge < -0.3 is 15.0 Å². The van der Waals surface area contributed by atoms with Crippen molar-refractivity contribution < 1.29 is 4.74 Å². The van der Waals surface area contributed by atoms with E-state index in [1.807, 2.05) is 0 Å². The Morgan fingerprint density at radius 2 is 2.06 bits per heavy atom. The summed E-state index contributed by atoms with van der Waals surface area (Å²) in [6, 6.07) is 1.42. The minimum atomic E-state index is 0.665. The molecule has 1 atom stereocenters. The monoisotopic (exact) mass is 242 g/mol. The average Bonchev–Trinajstić information content (AvgIpc) is 2.37. The van der Waals surface area contributed by atoms with Crippen molar-refractivity contribution in [3.05, 3.63) is 0 Å². The van der Waals surface area contributed by atoms with Gasteiger partial charge in [-0.15, -0.1) is 0 Å². The van der Waals surface area contributed by atoms with Crippen LogP contribution in [0.1, 0.15) is 46.0 Å². The Labute approximate surface area is 107 Å². The first kappa shape index (κ1) is 14.9. The lowest BCUT2D eigenvalue weighted by atomic mass is 10.1. The van der Waals surface area contributed by atoms with Gasteiger partial charge in [-0.3, -0.25) is 0 Å². The molecule has 1 heterocycles. The normalized spacial score (nSPS) is 19.8. The highest BCUT2D eigenvalue weighted by molar-refractivity contribution is 4.72. The summed E-state index contributed by atoms with van der Waals surface area (Å²) in [5.74, 6) is 0. The molecule has 0 amide bonds. The molecule has 0 spiro atoms. The van der Waals surface area contributed by atoms with Crippen LogP contribution in [0.3, 0.4) is 0 Å². The molecule has 1 fully saturated rings. The van der Waals surface area contributed by atoms with Crippen molar-refractivity contribution >= 4 is 0 Å². The summed E-state index contributed by atoms with van der Waals surface area (Å²) in [7, 11) is 2.26. The van der Waals surface area contributed by atoms with Gasteiger partial charge in [-0.2, -0.15) is 0 Å². The topological polar surface area (TPSA) is 24.5 Å². The molecular weight excluding hydrogens is 212 g/mol. The number of nitrogens with zero attached hydrogens (tertiary/aromatic N) is 1. The molecule has 3 heteroatoms. The van der Waals surface area contributed by atoms with E-state index >= 15 is 0 Å². The third kappa shape index (κ3) is 6.39. The highest BCUT2D eigenvalue weighted by atomic mass is 16.5. The van der Waals surface area contributed by atoms with Crippen LogP contribution < -0.4 is 5.32 Å². The van der Waals surface area contributed by atoms with Gasteiger partial charge in [0, 0.05) is 25.3 Å². The molecule has 3 nitrogen and oxygen atoms in total. The fourth-order valence-corrected chi connectivity index (χ4v) is 2.45. The van der Waals surface area contributed by atoms with E-state index in [-0.39, 0.29) is 0 Å². The summed E-state index contributed by atoms with van der Waals surface area (Å²) in [6.07, 6.45) is 6.23. The highest BCUT2D eigenvalue weighted by Gasteiger charge is 2.17. The molecule has 1 rings (SSSR count). The predicted octanol–water partition coefficient (Wildman–Crippen LogP) is 2.27. The van der Waals surface area contributed by atoms with Gasteiger partial charge in [0.2, 0.25) is 0 Å². The number of hydrogen-bond donors (Lipinski definition) is 1. The third-order valence-electron chi connectivity index (χ3n) is 3.70. The van der Waals surface area contributed by atoms with E-state index in [1.165, 1.54) is 38.6 Å². The average molecular weight is 242 g/mol. The van der Waals surface area contributed by atoms with Gasteiger partial charge in [0.15, 0.2) is 0 Å². The van der Waals surface area contributed by atoms with Crippen molar-refractivity contribution in [2.45, 2.75) is 58.0 Å². The predicted molar refractivity (Wildman–Crippen MR) is 73.5 cm³/mol. The van der Waals surface area contributed by atoms with Gasteiger partial charge in [-0.1, -0.05) is 6.92 Å². The van der Waals surface area contributed by atoms with Crippen LogP contribution in [0.4, 0.5) is 0 Å². The van der Waals surface area contributed by atoms with E-state index in [0.29, 0.717) is 6.04 Å². The molecule has 1 N–H and O–H groups in total. The van der Waals surface area contributed by atoms with Gasteiger partial charge >= 0.3 is 0 Å². The molecule has 17 heavy (non-hydrogen) atoms. The minimum Gasteiger partial charge on any atom is -0.381 e. The van der Waals surface area contributed by atoms with Gasteiger partial charge in [0.1, 0.15) is 0 Å². The highest BCUT2D eigenvalue weighted by Crippen LogP contribution is 2.13. The Balaban J connectivity index is 2.04. The lowest BCUT2D eigenvalue weighted by Crippen LogP contribution is -2.37. The number of rotatable bonds is 8. The quantitative estimate of drug-likeness (QED) is 0.706. The molecule has 1 unspecified atom stereocenters. The first-order valence-corrected chi connectivity index (χ1v) is 7.25. The van der Waals surface area contributed by atoms with Crippen molar-refractivity contribution in [2.24, 2.45) is 0 Å². The molecule has 0 saturated carbocycles. The fraction of sp³-hybridized carbons (Fsp3) is 1.00. The molecule has 102 valence electrons. The largest absolute Gasteiger partial charge is 0.381 e. The van der Waals surface area contributed by atoms with Crippen molar-refractivity contribution in [3.63, 3.8) is 0 Å². The summed E-state index contributed by atoms with van der Waals surface area (Å²) in [4.78, 5) is 2.52. The van der Waals surface area contributed by atoms with Crippen molar-refractivity contribution in [1.82, 2.24) is 10.2 Å². The van der Waals surface area contributed by atoms with Gasteiger partial charge in [0.25, 0.3) is 0 Å². The van der Waals surface area contributed by atoms with E-state index in [0.717, 1.165) is 25.8 Å². The summed E-state index contributed by atoms with van der Waals surface area (Å²) in [6.45, 7) is 8.79. The second kappa shape index (κ2) is 8.90. The zero-order valence-electron chi connectivity index (χ0n) is 11.9. The Hall–Kier alpha value is -0.120. The first-order valence-electron chi connectivity index (χ1n) is 7.25. The Morgan fingerprint density at radius 3 is 2.71 bits per heavy atom. The van der Waals surface area contributed by atoms with E-state index < -0.39 is 0 Å². The van der Waals surface area contributed by atoms with Crippen LogP contribution in [0, 0.1) is 0 Å². The molecule has 1 aliphatic rings. The molecule has 0 aromatic carbocycles. The maximum absolute atomic E-state index is 5.40. The maximum atomic E-state index is 5.40. The van der Waals surface area contributed by atoms with E-state index in [1.54, 1.807) is 0 Å². The summed E-state index contributed by atoms with van der Waals surface area (Å²) >= 11 is 0. The molecular formula is C14H30N2O. The van der Waals surface area contributed by atoms with Crippen LogP contribution in [-0.4, -0.2) is 50.3 Å². The second-order valence-electron chi connectivity index (χ2n) is 5.32. The fourth-order valence-electron chi connectivity index (χ4n) is 2.45. The van der Waals surface area contributed by atoms with Crippen LogP contribution in [0.2, 0.25) is 0 Å². The zero-order chi connectivity index (χ0) is 12.5. The number of hydrogen-bond acceptors (Lipinski definition) is 3.